The second-order valence-electron chi connectivity index (χ2n) is 5.42. The van der Waals surface area contributed by atoms with Gasteiger partial charge in [0.25, 0.3) is 5.91 Å². The number of likely N-dealkylation sites (N-methyl/N-ethyl adjacent to an activating group) is 1. The Bertz CT molecular complexity index is 513. The van der Waals surface area contributed by atoms with Gasteiger partial charge in [0.05, 0.1) is 0 Å². The molecule has 2 rings (SSSR count). The van der Waals surface area contributed by atoms with E-state index in [1.807, 2.05) is 6.92 Å². The number of nitrogens with zero attached hydrogens (tertiary/aromatic N) is 1. The Labute approximate surface area is 122 Å². The van der Waals surface area contributed by atoms with Crippen LogP contribution in [0, 0.1) is 11.6 Å². The van der Waals surface area contributed by atoms with Gasteiger partial charge >= 0.3 is 0 Å². The van der Waals surface area contributed by atoms with Crippen LogP contribution >= 0.6 is 0 Å². The van der Waals surface area contributed by atoms with Gasteiger partial charge in [-0.15, -0.1) is 0 Å². The Morgan fingerprint density at radius 1 is 1.43 bits per heavy atom. The molecule has 0 saturated carbocycles. The Balaban J connectivity index is 2.16. The van der Waals surface area contributed by atoms with Gasteiger partial charge in [0.15, 0.2) is 23.5 Å². The predicted octanol–water partition coefficient (Wildman–Crippen LogP) is 1.85. The van der Waals surface area contributed by atoms with Crippen molar-refractivity contribution in [1.29, 1.82) is 0 Å². The minimum Gasteiger partial charge on any atom is -0.474 e. The van der Waals surface area contributed by atoms with E-state index in [4.69, 9.17) is 10.5 Å². The van der Waals surface area contributed by atoms with Crippen LogP contribution in [0.5, 0.6) is 5.75 Å². The van der Waals surface area contributed by atoms with Gasteiger partial charge in [0, 0.05) is 26.1 Å². The van der Waals surface area contributed by atoms with Gasteiger partial charge in [-0.25, -0.2) is 8.78 Å². The molecule has 1 aliphatic rings. The summed E-state index contributed by atoms with van der Waals surface area (Å²) in [6.45, 7) is 2.44. The normalized spacial score (nSPS) is 20.0. The van der Waals surface area contributed by atoms with Crippen molar-refractivity contribution in [2.24, 2.45) is 5.73 Å². The third-order valence-electron chi connectivity index (χ3n) is 3.72. The molecule has 2 atom stereocenters. The number of hydrogen-bond donors (Lipinski definition) is 1. The highest BCUT2D eigenvalue weighted by atomic mass is 19.1. The minimum atomic E-state index is -0.817. The van der Waals surface area contributed by atoms with Crippen LogP contribution in [0.15, 0.2) is 12.1 Å². The first-order valence-corrected chi connectivity index (χ1v) is 7.07. The van der Waals surface area contributed by atoms with Crippen molar-refractivity contribution in [1.82, 2.24) is 4.90 Å². The fraction of sp³-hybridized carbons (Fsp3) is 0.533. The summed E-state index contributed by atoms with van der Waals surface area (Å²) in [4.78, 5) is 13.2. The lowest BCUT2D eigenvalue weighted by molar-refractivity contribution is -0.132. The van der Waals surface area contributed by atoms with E-state index in [0.717, 1.165) is 6.42 Å². The Hall–Kier alpha value is -1.69. The van der Waals surface area contributed by atoms with E-state index >= 15 is 0 Å². The summed E-state index contributed by atoms with van der Waals surface area (Å²) >= 11 is 0. The van der Waals surface area contributed by atoms with Crippen LogP contribution in [0.4, 0.5) is 8.78 Å². The van der Waals surface area contributed by atoms with Gasteiger partial charge < -0.3 is 15.4 Å². The van der Waals surface area contributed by atoms with Crippen LogP contribution in [-0.4, -0.2) is 36.5 Å². The number of rotatable bonds is 5. The molecule has 1 fully saturated rings. The number of halogens is 2. The molecule has 116 valence electrons. The Kier molecular flexibility index (Phi) is 4.77. The summed E-state index contributed by atoms with van der Waals surface area (Å²) in [6.07, 6.45) is 0.735. The molecule has 0 bridgehead atoms. The van der Waals surface area contributed by atoms with E-state index in [0.29, 0.717) is 24.9 Å². The fourth-order valence-electron chi connectivity index (χ4n) is 2.33. The first-order chi connectivity index (χ1) is 9.92. The lowest BCUT2D eigenvalue weighted by Crippen LogP contribution is -2.30. The highest BCUT2D eigenvalue weighted by molar-refractivity contribution is 5.83. The lowest BCUT2D eigenvalue weighted by Gasteiger charge is -2.15. The van der Waals surface area contributed by atoms with Crippen LogP contribution in [0.2, 0.25) is 0 Å². The van der Waals surface area contributed by atoms with Crippen LogP contribution in [0.1, 0.15) is 25.3 Å². The van der Waals surface area contributed by atoms with Gasteiger partial charge in [-0.1, -0.05) is 6.92 Å². The summed E-state index contributed by atoms with van der Waals surface area (Å²) < 4.78 is 33.3. The average molecular weight is 298 g/mol. The fourth-order valence-corrected chi connectivity index (χ4v) is 2.33. The molecule has 1 saturated heterocycles. The molecule has 21 heavy (non-hydrogen) atoms. The number of likely N-dealkylation sites (tertiary alicyclic amines) is 1. The molecule has 6 heteroatoms. The summed E-state index contributed by atoms with van der Waals surface area (Å²) in [5, 5.41) is 0. The molecule has 0 radical (unpaired) electrons. The maximum atomic E-state index is 14.0. The van der Waals surface area contributed by atoms with Gasteiger partial charge in [0.2, 0.25) is 0 Å². The Morgan fingerprint density at radius 3 is 2.52 bits per heavy atom. The summed E-state index contributed by atoms with van der Waals surface area (Å²) in [7, 11) is 1.63. The van der Waals surface area contributed by atoms with Crippen LogP contribution < -0.4 is 10.5 Å². The largest absolute Gasteiger partial charge is 0.474 e. The van der Waals surface area contributed by atoms with E-state index in [1.54, 1.807) is 7.05 Å². The molecule has 1 aromatic rings. The topological polar surface area (TPSA) is 55.6 Å². The molecule has 0 spiro atoms. The van der Waals surface area contributed by atoms with E-state index in [-0.39, 0.29) is 11.9 Å². The number of hydrogen-bond acceptors (Lipinski definition) is 3. The molecule has 1 heterocycles. The van der Waals surface area contributed by atoms with Crippen molar-refractivity contribution >= 4 is 5.91 Å². The smallest absolute Gasteiger partial charge is 0.263 e. The molecule has 2 unspecified atom stereocenters. The third kappa shape index (κ3) is 3.50. The van der Waals surface area contributed by atoms with E-state index in [9.17, 15) is 13.6 Å². The number of nitrogens with two attached hydrogens (primary N) is 1. The lowest BCUT2D eigenvalue weighted by atomic mass is 10.0. The maximum Gasteiger partial charge on any atom is 0.263 e. The highest BCUT2D eigenvalue weighted by Crippen LogP contribution is 2.27. The van der Waals surface area contributed by atoms with Crippen molar-refractivity contribution in [3.8, 4) is 5.75 Å². The number of amides is 1. The standard InChI is InChI=1S/C15H20F2N2O2/c1-3-10(18)6-9-7-11(16)14(12(17)8-9)21-13-4-5-19(2)15(13)20/h7-8,10,13H,3-6,18H2,1-2H3. The van der Waals surface area contributed by atoms with Gasteiger partial charge in [0.1, 0.15) is 0 Å². The third-order valence-corrected chi connectivity index (χ3v) is 3.72. The average Bonchev–Trinajstić information content (AvgIpc) is 2.74. The first-order valence-electron chi connectivity index (χ1n) is 7.07. The van der Waals surface area contributed by atoms with Crippen molar-refractivity contribution in [3.63, 3.8) is 0 Å². The molecule has 0 aliphatic carbocycles. The molecule has 1 amide bonds. The number of benzene rings is 1. The van der Waals surface area contributed by atoms with E-state index < -0.39 is 23.5 Å². The second-order valence-corrected chi connectivity index (χ2v) is 5.42. The molecule has 0 aromatic heterocycles. The molecule has 4 nitrogen and oxygen atoms in total. The van der Waals surface area contributed by atoms with Crippen LogP contribution in [0.3, 0.4) is 0 Å². The summed E-state index contributed by atoms with van der Waals surface area (Å²) in [6, 6.07) is 2.30. The zero-order valence-corrected chi connectivity index (χ0v) is 12.2. The van der Waals surface area contributed by atoms with Crippen LogP contribution in [-0.2, 0) is 11.2 Å². The number of carbonyl (C=O) groups excluding carboxylic acids is 1. The van der Waals surface area contributed by atoms with Crippen LogP contribution in [0.25, 0.3) is 0 Å². The van der Waals surface area contributed by atoms with Gasteiger partial charge in [-0.3, -0.25) is 4.79 Å². The molecule has 1 aliphatic heterocycles. The van der Waals surface area contributed by atoms with Crippen molar-refractivity contribution < 1.29 is 18.3 Å². The zero-order valence-electron chi connectivity index (χ0n) is 12.2. The number of ether oxygens (including phenoxy) is 1. The second kappa shape index (κ2) is 6.39. The van der Waals surface area contributed by atoms with Crippen molar-refractivity contribution in [2.75, 3.05) is 13.6 Å². The molecular weight excluding hydrogens is 278 g/mol. The highest BCUT2D eigenvalue weighted by Gasteiger charge is 2.32. The van der Waals surface area contributed by atoms with Crippen molar-refractivity contribution in [3.05, 3.63) is 29.3 Å². The zero-order chi connectivity index (χ0) is 15.6. The monoisotopic (exact) mass is 298 g/mol. The van der Waals surface area contributed by atoms with Gasteiger partial charge in [-0.05, 0) is 30.5 Å². The Morgan fingerprint density at radius 2 is 2.05 bits per heavy atom. The summed E-state index contributed by atoms with van der Waals surface area (Å²) in [5.41, 5.74) is 6.27. The quantitative estimate of drug-likeness (QED) is 0.902. The van der Waals surface area contributed by atoms with E-state index in [1.165, 1.54) is 17.0 Å². The van der Waals surface area contributed by atoms with E-state index in [2.05, 4.69) is 0 Å². The first kappa shape index (κ1) is 15.7. The molecule has 1 aromatic carbocycles. The molecule has 2 N–H and O–H groups in total. The summed E-state index contributed by atoms with van der Waals surface area (Å²) in [5.74, 6) is -2.34. The number of carbonyl (C=O) groups is 1. The maximum absolute atomic E-state index is 14.0. The van der Waals surface area contributed by atoms with Gasteiger partial charge in [-0.2, -0.15) is 0 Å². The minimum absolute atomic E-state index is 0.138. The SMILES string of the molecule is CCC(N)Cc1cc(F)c(OC2CCN(C)C2=O)c(F)c1. The predicted molar refractivity (Wildman–Crippen MR) is 75.0 cm³/mol. The van der Waals surface area contributed by atoms with Crippen molar-refractivity contribution in [2.45, 2.75) is 38.3 Å². The molecular formula is C15H20F2N2O2.